The molecular weight excluding hydrogens is 572 g/mol. The number of rotatable bonds is 5. The molecule has 6 aromatic carbocycles. The maximum absolute atomic E-state index is 6.41. The molecule has 0 unspecified atom stereocenters. The normalized spacial score (nSPS) is 12.0. The second kappa shape index (κ2) is 10.5. The number of para-hydroxylation sites is 3. The number of hydrogen-bond donors (Lipinski definition) is 0. The van der Waals surface area contributed by atoms with Gasteiger partial charge in [0.15, 0.2) is 0 Å². The Labute approximate surface area is 272 Å². The molecule has 0 radical (unpaired) electrons. The number of benzene rings is 6. The first-order valence-electron chi connectivity index (χ1n) is 16.1. The van der Waals surface area contributed by atoms with E-state index in [9.17, 15) is 0 Å². The van der Waals surface area contributed by atoms with Gasteiger partial charge >= 0.3 is 0 Å². The summed E-state index contributed by atoms with van der Waals surface area (Å²) in [6, 6.07) is 45.7. The lowest BCUT2D eigenvalue weighted by Gasteiger charge is -2.09. The van der Waals surface area contributed by atoms with E-state index in [1.165, 1.54) is 49.4 Å². The second-order valence-corrected chi connectivity index (χ2v) is 12.2. The standard InChI is InChI=1S/C44H32N2O/c1-4-12-33-36-25-29(20-24-42(36)46(39(33)5-2)31-13-7-6-8-14-31)28-19-22-40-37(26-28)38-27-30(21-23-41(38)45(40)3)32-16-11-17-35-34-15-9-10-18-43(34)47-44(32)35/h4-27H,2H2,1,3H3/b12-4-. The molecule has 0 aliphatic carbocycles. The van der Waals surface area contributed by atoms with Gasteiger partial charge in [0, 0.05) is 61.8 Å². The van der Waals surface area contributed by atoms with Crippen molar-refractivity contribution < 1.29 is 4.42 Å². The molecular formula is C44H32N2O. The van der Waals surface area contributed by atoms with E-state index in [0.717, 1.165) is 44.4 Å². The Balaban J connectivity index is 1.23. The number of allylic oxidation sites excluding steroid dienone is 1. The van der Waals surface area contributed by atoms with E-state index in [-0.39, 0.29) is 0 Å². The van der Waals surface area contributed by atoms with Gasteiger partial charge in [0.25, 0.3) is 0 Å². The molecule has 224 valence electrons. The molecule has 0 saturated carbocycles. The summed E-state index contributed by atoms with van der Waals surface area (Å²) in [4.78, 5) is 0. The van der Waals surface area contributed by atoms with Crippen LogP contribution in [0.1, 0.15) is 18.2 Å². The second-order valence-electron chi connectivity index (χ2n) is 12.2. The van der Waals surface area contributed by atoms with Gasteiger partial charge in [0.05, 0.1) is 11.2 Å². The van der Waals surface area contributed by atoms with Crippen LogP contribution in [-0.2, 0) is 7.05 Å². The van der Waals surface area contributed by atoms with Gasteiger partial charge in [-0.25, -0.2) is 0 Å². The topological polar surface area (TPSA) is 23.0 Å². The molecule has 47 heavy (non-hydrogen) atoms. The molecule has 3 aromatic heterocycles. The Hall–Kier alpha value is -6.06. The average Bonchev–Trinajstić information content (AvgIpc) is 3.75. The highest BCUT2D eigenvalue weighted by Gasteiger charge is 2.18. The molecule has 0 saturated heterocycles. The van der Waals surface area contributed by atoms with E-state index in [1.54, 1.807) is 0 Å². The quantitative estimate of drug-likeness (QED) is 0.192. The Morgan fingerprint density at radius 1 is 0.596 bits per heavy atom. The number of furan rings is 1. The molecule has 0 amide bonds. The summed E-state index contributed by atoms with van der Waals surface area (Å²) >= 11 is 0. The highest BCUT2D eigenvalue weighted by Crippen LogP contribution is 2.40. The van der Waals surface area contributed by atoms with Gasteiger partial charge in [0.1, 0.15) is 11.2 Å². The van der Waals surface area contributed by atoms with E-state index >= 15 is 0 Å². The first-order valence-corrected chi connectivity index (χ1v) is 16.1. The first kappa shape index (κ1) is 27.3. The average molecular weight is 605 g/mol. The van der Waals surface area contributed by atoms with E-state index in [4.69, 9.17) is 4.42 Å². The number of nitrogens with zero attached hydrogens (tertiary/aromatic N) is 2. The Morgan fingerprint density at radius 3 is 1.98 bits per heavy atom. The molecule has 0 fully saturated rings. The lowest BCUT2D eigenvalue weighted by atomic mass is 9.98. The summed E-state index contributed by atoms with van der Waals surface area (Å²) < 4.78 is 11.0. The highest BCUT2D eigenvalue weighted by atomic mass is 16.3. The summed E-state index contributed by atoms with van der Waals surface area (Å²) in [6.45, 7) is 6.26. The Kier molecular flexibility index (Phi) is 6.09. The summed E-state index contributed by atoms with van der Waals surface area (Å²) in [5.74, 6) is 0. The third-order valence-electron chi connectivity index (χ3n) is 9.64. The number of aryl methyl sites for hydroxylation is 1. The fourth-order valence-corrected chi connectivity index (χ4v) is 7.45. The van der Waals surface area contributed by atoms with Gasteiger partial charge in [-0.1, -0.05) is 91.5 Å². The largest absolute Gasteiger partial charge is 0.455 e. The maximum atomic E-state index is 6.41. The Bertz CT molecular complexity index is 2710. The molecule has 0 spiro atoms. The van der Waals surface area contributed by atoms with Crippen molar-refractivity contribution in [2.24, 2.45) is 7.05 Å². The number of fused-ring (bicyclic) bond motifs is 7. The van der Waals surface area contributed by atoms with Crippen LogP contribution in [0.3, 0.4) is 0 Å². The molecule has 3 nitrogen and oxygen atoms in total. The van der Waals surface area contributed by atoms with E-state index < -0.39 is 0 Å². The smallest absolute Gasteiger partial charge is 0.143 e. The van der Waals surface area contributed by atoms with Gasteiger partial charge in [0.2, 0.25) is 0 Å². The van der Waals surface area contributed by atoms with Gasteiger partial charge < -0.3 is 13.6 Å². The Morgan fingerprint density at radius 2 is 1.23 bits per heavy atom. The zero-order valence-corrected chi connectivity index (χ0v) is 26.4. The number of aromatic nitrogens is 2. The summed E-state index contributed by atoms with van der Waals surface area (Å²) in [5.41, 5.74) is 13.5. The minimum Gasteiger partial charge on any atom is -0.455 e. The van der Waals surface area contributed by atoms with Gasteiger partial charge in [-0.05, 0) is 84.3 Å². The van der Waals surface area contributed by atoms with Crippen LogP contribution in [0.5, 0.6) is 0 Å². The summed E-state index contributed by atoms with van der Waals surface area (Å²) in [6.07, 6.45) is 6.27. The third kappa shape index (κ3) is 4.06. The minimum atomic E-state index is 0.916. The fourth-order valence-electron chi connectivity index (χ4n) is 7.45. The number of hydrogen-bond acceptors (Lipinski definition) is 1. The highest BCUT2D eigenvalue weighted by molar-refractivity contribution is 6.13. The van der Waals surface area contributed by atoms with Crippen LogP contribution in [0.15, 0.2) is 144 Å². The van der Waals surface area contributed by atoms with Crippen molar-refractivity contribution in [3.63, 3.8) is 0 Å². The maximum Gasteiger partial charge on any atom is 0.143 e. The molecule has 0 N–H and O–H groups in total. The van der Waals surface area contributed by atoms with Crippen molar-refractivity contribution >= 4 is 66.8 Å². The predicted octanol–water partition coefficient (Wildman–Crippen LogP) is 12.2. The molecule has 0 aliphatic heterocycles. The monoisotopic (exact) mass is 604 g/mol. The van der Waals surface area contributed by atoms with Gasteiger partial charge in [-0.3, -0.25) is 0 Å². The fraction of sp³-hybridized carbons (Fsp3) is 0.0455. The van der Waals surface area contributed by atoms with Crippen molar-refractivity contribution in [2.75, 3.05) is 0 Å². The van der Waals surface area contributed by atoms with Crippen molar-refractivity contribution in [3.05, 3.63) is 151 Å². The lowest BCUT2D eigenvalue weighted by Crippen LogP contribution is -1.96. The van der Waals surface area contributed by atoms with Gasteiger partial charge in [-0.2, -0.15) is 0 Å². The van der Waals surface area contributed by atoms with Crippen LogP contribution in [0.25, 0.3) is 94.7 Å². The molecule has 0 bridgehead atoms. The first-order chi connectivity index (χ1) is 23.1. The van der Waals surface area contributed by atoms with Crippen LogP contribution in [-0.4, -0.2) is 9.13 Å². The van der Waals surface area contributed by atoms with Crippen molar-refractivity contribution in [3.8, 4) is 27.9 Å². The third-order valence-corrected chi connectivity index (χ3v) is 9.64. The molecule has 3 heterocycles. The SMILES string of the molecule is C=Cc1c(/C=C\C)c2cc(-c3ccc4c(c3)c3cc(-c5cccc6c5oc5ccccc56)ccc3n4C)ccc2n1-c1ccccc1. The van der Waals surface area contributed by atoms with Gasteiger partial charge in [-0.15, -0.1) is 0 Å². The van der Waals surface area contributed by atoms with Crippen LogP contribution in [0.2, 0.25) is 0 Å². The van der Waals surface area contributed by atoms with Crippen LogP contribution in [0, 0.1) is 0 Å². The van der Waals surface area contributed by atoms with Crippen molar-refractivity contribution in [2.45, 2.75) is 6.92 Å². The molecule has 3 heteroatoms. The van der Waals surface area contributed by atoms with Crippen LogP contribution < -0.4 is 0 Å². The van der Waals surface area contributed by atoms with E-state index in [0.29, 0.717) is 0 Å². The molecule has 9 aromatic rings. The van der Waals surface area contributed by atoms with E-state index in [2.05, 4.69) is 157 Å². The molecule has 0 aliphatic rings. The van der Waals surface area contributed by atoms with Crippen molar-refractivity contribution in [1.82, 2.24) is 9.13 Å². The minimum absolute atomic E-state index is 0.916. The lowest BCUT2D eigenvalue weighted by molar-refractivity contribution is 0.670. The molecule has 9 rings (SSSR count). The zero-order chi connectivity index (χ0) is 31.6. The van der Waals surface area contributed by atoms with Crippen molar-refractivity contribution in [1.29, 1.82) is 0 Å². The van der Waals surface area contributed by atoms with E-state index in [1.807, 2.05) is 18.2 Å². The summed E-state index contributed by atoms with van der Waals surface area (Å²) in [7, 11) is 2.16. The molecule has 0 atom stereocenters. The predicted molar refractivity (Wildman–Crippen MR) is 200 cm³/mol. The zero-order valence-electron chi connectivity index (χ0n) is 26.4. The van der Waals surface area contributed by atoms with Crippen LogP contribution in [0.4, 0.5) is 0 Å². The van der Waals surface area contributed by atoms with Crippen LogP contribution >= 0.6 is 0 Å². The summed E-state index contributed by atoms with van der Waals surface area (Å²) in [5, 5.41) is 5.97.